The van der Waals surface area contributed by atoms with Crippen LogP contribution in [0.25, 0.3) is 0 Å². The number of ether oxygens (including phenoxy) is 1. The molecule has 0 saturated heterocycles. The van der Waals surface area contributed by atoms with Crippen molar-refractivity contribution in [2.75, 3.05) is 7.11 Å². The second-order valence-electron chi connectivity index (χ2n) is 4.01. The van der Waals surface area contributed by atoms with E-state index in [9.17, 15) is 4.79 Å². The maximum absolute atomic E-state index is 12.3. The van der Waals surface area contributed by atoms with Gasteiger partial charge in [-0.2, -0.15) is 0 Å². The van der Waals surface area contributed by atoms with E-state index in [4.69, 9.17) is 27.9 Å². The van der Waals surface area contributed by atoms with Gasteiger partial charge < -0.3 is 4.74 Å². The summed E-state index contributed by atoms with van der Waals surface area (Å²) in [5.41, 5.74) is 1.26. The lowest BCUT2D eigenvalue weighted by atomic mass is 10.0. The Morgan fingerprint density at radius 2 is 1.84 bits per heavy atom. The first-order chi connectivity index (χ1) is 9.13. The van der Waals surface area contributed by atoms with Crippen LogP contribution in [0.15, 0.2) is 42.5 Å². The van der Waals surface area contributed by atoms with E-state index < -0.39 is 0 Å². The number of hydrogen-bond acceptors (Lipinski definition) is 2. The number of halogens is 2. The van der Waals surface area contributed by atoms with E-state index in [0.29, 0.717) is 26.9 Å². The zero-order valence-corrected chi connectivity index (χ0v) is 11.8. The van der Waals surface area contributed by atoms with Crippen LogP contribution in [0.1, 0.15) is 15.9 Å². The van der Waals surface area contributed by atoms with E-state index in [0.717, 1.165) is 0 Å². The second kappa shape index (κ2) is 6.09. The second-order valence-corrected chi connectivity index (χ2v) is 4.80. The van der Waals surface area contributed by atoms with Crippen molar-refractivity contribution < 1.29 is 9.53 Å². The monoisotopic (exact) mass is 294 g/mol. The first kappa shape index (κ1) is 13.9. The molecule has 0 amide bonds. The molecule has 0 N–H and O–H groups in total. The maximum Gasteiger partial charge on any atom is 0.171 e. The van der Waals surface area contributed by atoms with Gasteiger partial charge in [0.2, 0.25) is 0 Å². The molecule has 4 heteroatoms. The lowest BCUT2D eigenvalue weighted by molar-refractivity contribution is 0.0990. The number of ketones is 1. The summed E-state index contributed by atoms with van der Waals surface area (Å²) in [4.78, 5) is 12.3. The van der Waals surface area contributed by atoms with Crippen molar-refractivity contribution in [1.82, 2.24) is 0 Å². The molecule has 0 aliphatic heterocycles. The summed E-state index contributed by atoms with van der Waals surface area (Å²) in [6, 6.07) is 12.4. The van der Waals surface area contributed by atoms with E-state index in [1.165, 1.54) is 0 Å². The summed E-state index contributed by atoms with van der Waals surface area (Å²) in [5.74, 6) is 0.507. The normalized spacial score (nSPS) is 10.3. The molecule has 0 unspecified atom stereocenters. The summed E-state index contributed by atoms with van der Waals surface area (Å²) >= 11 is 12.0. The van der Waals surface area contributed by atoms with Crippen LogP contribution in [0.2, 0.25) is 10.0 Å². The third kappa shape index (κ3) is 3.09. The minimum absolute atomic E-state index is 0.0541. The van der Waals surface area contributed by atoms with Crippen LogP contribution in [0, 0.1) is 0 Å². The molecule has 0 heterocycles. The number of Topliss-reactive ketones (excluding diaryl/α,β-unsaturated/α-hetero) is 1. The molecule has 2 nitrogen and oxygen atoms in total. The largest absolute Gasteiger partial charge is 0.496 e. The van der Waals surface area contributed by atoms with E-state index in [2.05, 4.69) is 0 Å². The molecular weight excluding hydrogens is 283 g/mol. The van der Waals surface area contributed by atoms with E-state index >= 15 is 0 Å². The zero-order valence-electron chi connectivity index (χ0n) is 10.3. The lowest BCUT2D eigenvalue weighted by Crippen LogP contribution is -2.06. The van der Waals surface area contributed by atoms with Gasteiger partial charge in [0.1, 0.15) is 5.75 Å². The van der Waals surface area contributed by atoms with E-state index in [1.807, 2.05) is 6.07 Å². The van der Waals surface area contributed by atoms with Crippen LogP contribution < -0.4 is 4.74 Å². The van der Waals surface area contributed by atoms with Gasteiger partial charge in [0.15, 0.2) is 5.78 Å². The molecule has 0 aromatic heterocycles. The smallest absolute Gasteiger partial charge is 0.171 e. The Morgan fingerprint density at radius 1 is 1.11 bits per heavy atom. The highest BCUT2D eigenvalue weighted by Crippen LogP contribution is 2.27. The Morgan fingerprint density at radius 3 is 2.58 bits per heavy atom. The van der Waals surface area contributed by atoms with Gasteiger partial charge in [-0.25, -0.2) is 0 Å². The molecule has 2 rings (SSSR count). The van der Waals surface area contributed by atoms with Crippen LogP contribution in [0.3, 0.4) is 0 Å². The van der Waals surface area contributed by atoms with Gasteiger partial charge in [-0.05, 0) is 23.8 Å². The summed E-state index contributed by atoms with van der Waals surface area (Å²) in [6.07, 6.45) is 0.194. The molecule has 0 spiro atoms. The van der Waals surface area contributed by atoms with Crippen molar-refractivity contribution in [3.05, 3.63) is 63.6 Å². The van der Waals surface area contributed by atoms with Crippen molar-refractivity contribution in [2.24, 2.45) is 0 Å². The van der Waals surface area contributed by atoms with Gasteiger partial charge in [0.25, 0.3) is 0 Å². The van der Waals surface area contributed by atoms with Crippen molar-refractivity contribution in [1.29, 1.82) is 0 Å². The third-order valence-corrected chi connectivity index (χ3v) is 3.65. The SMILES string of the molecule is COc1ccccc1C(=O)Cc1cccc(Cl)c1Cl. The number of para-hydroxylation sites is 1. The Labute approximate surface area is 121 Å². The van der Waals surface area contributed by atoms with E-state index in [1.54, 1.807) is 43.5 Å². The molecule has 0 aliphatic rings. The van der Waals surface area contributed by atoms with E-state index in [-0.39, 0.29) is 12.2 Å². The van der Waals surface area contributed by atoms with Gasteiger partial charge in [-0.3, -0.25) is 4.79 Å². The molecule has 0 aliphatic carbocycles. The number of methoxy groups -OCH3 is 1. The topological polar surface area (TPSA) is 26.3 Å². The minimum Gasteiger partial charge on any atom is -0.496 e. The predicted molar refractivity (Wildman–Crippen MR) is 77.5 cm³/mol. The molecule has 0 atom stereocenters. The first-order valence-electron chi connectivity index (χ1n) is 5.72. The number of carbonyl (C=O) groups excluding carboxylic acids is 1. The fourth-order valence-corrected chi connectivity index (χ4v) is 2.22. The highest BCUT2D eigenvalue weighted by Gasteiger charge is 2.14. The highest BCUT2D eigenvalue weighted by atomic mass is 35.5. The molecule has 0 fully saturated rings. The quantitative estimate of drug-likeness (QED) is 0.780. The van der Waals surface area contributed by atoms with Crippen LogP contribution >= 0.6 is 23.2 Å². The summed E-state index contributed by atoms with van der Waals surface area (Å²) in [5, 5.41) is 0.874. The Hall–Kier alpha value is -1.51. The Balaban J connectivity index is 2.28. The van der Waals surface area contributed by atoms with Gasteiger partial charge >= 0.3 is 0 Å². The van der Waals surface area contributed by atoms with Crippen molar-refractivity contribution in [3.8, 4) is 5.75 Å². The van der Waals surface area contributed by atoms with Crippen LogP contribution in [0.4, 0.5) is 0 Å². The van der Waals surface area contributed by atoms with Crippen LogP contribution in [-0.2, 0) is 6.42 Å². The fourth-order valence-electron chi connectivity index (χ4n) is 1.83. The van der Waals surface area contributed by atoms with Crippen molar-refractivity contribution in [2.45, 2.75) is 6.42 Å². The summed E-state index contributed by atoms with van der Waals surface area (Å²) in [6.45, 7) is 0. The summed E-state index contributed by atoms with van der Waals surface area (Å²) in [7, 11) is 1.54. The standard InChI is InChI=1S/C15H12Cl2O2/c1-19-14-8-3-2-6-11(14)13(18)9-10-5-4-7-12(16)15(10)17/h2-8H,9H2,1H3. The average Bonchev–Trinajstić information content (AvgIpc) is 2.43. The minimum atomic E-state index is -0.0541. The molecule has 0 saturated carbocycles. The third-order valence-electron chi connectivity index (χ3n) is 2.79. The van der Waals surface area contributed by atoms with Gasteiger partial charge in [0.05, 0.1) is 22.7 Å². The average molecular weight is 295 g/mol. The highest BCUT2D eigenvalue weighted by molar-refractivity contribution is 6.42. The predicted octanol–water partition coefficient (Wildman–Crippen LogP) is 4.43. The summed E-state index contributed by atoms with van der Waals surface area (Å²) < 4.78 is 5.18. The fraction of sp³-hybridized carbons (Fsp3) is 0.133. The van der Waals surface area contributed by atoms with Crippen molar-refractivity contribution >= 4 is 29.0 Å². The first-order valence-corrected chi connectivity index (χ1v) is 6.48. The number of hydrogen-bond donors (Lipinski definition) is 0. The Bertz CT molecular complexity index is 609. The van der Waals surface area contributed by atoms with Gasteiger partial charge in [-0.15, -0.1) is 0 Å². The maximum atomic E-state index is 12.3. The molecule has 2 aromatic carbocycles. The molecule has 2 aromatic rings. The number of benzene rings is 2. The molecule has 98 valence electrons. The lowest BCUT2D eigenvalue weighted by Gasteiger charge is -2.08. The zero-order chi connectivity index (χ0) is 13.8. The van der Waals surface area contributed by atoms with Crippen LogP contribution in [-0.4, -0.2) is 12.9 Å². The van der Waals surface area contributed by atoms with Crippen molar-refractivity contribution in [3.63, 3.8) is 0 Å². The van der Waals surface area contributed by atoms with Gasteiger partial charge in [0, 0.05) is 6.42 Å². The molecule has 0 radical (unpaired) electrons. The number of rotatable bonds is 4. The molecule has 19 heavy (non-hydrogen) atoms. The number of carbonyl (C=O) groups is 1. The molecule has 0 bridgehead atoms. The molecular formula is C15H12Cl2O2. The Kier molecular flexibility index (Phi) is 4.46. The van der Waals surface area contributed by atoms with Gasteiger partial charge in [-0.1, -0.05) is 47.5 Å². The van der Waals surface area contributed by atoms with Crippen LogP contribution in [0.5, 0.6) is 5.75 Å².